The molecule has 0 spiro atoms. The molecule has 86 valence electrons. The average Bonchev–Trinajstić information content (AvgIpc) is 2.61. The van der Waals surface area contributed by atoms with Crippen LogP contribution in [-0.4, -0.2) is 20.6 Å². The van der Waals surface area contributed by atoms with Crippen LogP contribution in [0.25, 0.3) is 0 Å². The van der Waals surface area contributed by atoms with Crippen LogP contribution in [0.15, 0.2) is 6.33 Å². The summed E-state index contributed by atoms with van der Waals surface area (Å²) in [6.07, 6.45) is 3.61. The maximum Gasteiger partial charge on any atom is 0.326 e. The zero-order valence-electron chi connectivity index (χ0n) is 7.92. The van der Waals surface area contributed by atoms with Gasteiger partial charge in [-0.2, -0.15) is 0 Å². The van der Waals surface area contributed by atoms with Crippen molar-refractivity contribution < 1.29 is 9.90 Å². The summed E-state index contributed by atoms with van der Waals surface area (Å²) < 4.78 is 1.97. The number of aliphatic carboxylic acids is 1. The molecule has 0 aliphatic carbocycles. The van der Waals surface area contributed by atoms with Gasteiger partial charge in [-0.3, -0.25) is 4.79 Å². The first-order chi connectivity index (χ1) is 6.20. The SMILES string of the molecule is Cl.Cl.NC(C(=O)O)c1ncn2c1CCC2. The smallest absolute Gasteiger partial charge is 0.326 e. The lowest BCUT2D eigenvalue weighted by Gasteiger charge is -2.04. The van der Waals surface area contributed by atoms with Crippen molar-refractivity contribution in [2.45, 2.75) is 25.4 Å². The molecule has 5 nitrogen and oxygen atoms in total. The van der Waals surface area contributed by atoms with Crippen molar-refractivity contribution in [3.05, 3.63) is 17.7 Å². The van der Waals surface area contributed by atoms with E-state index in [4.69, 9.17) is 10.8 Å². The Hall–Kier alpha value is -0.780. The quantitative estimate of drug-likeness (QED) is 0.816. The molecular formula is C8H13Cl2N3O2. The Bertz CT molecular complexity index is 354. The number of halogens is 2. The molecule has 1 aromatic rings. The second-order valence-corrected chi connectivity index (χ2v) is 3.19. The molecule has 2 rings (SSSR count). The Morgan fingerprint density at radius 3 is 2.87 bits per heavy atom. The lowest BCUT2D eigenvalue weighted by molar-refractivity contribution is -0.138. The number of hydrogen-bond donors (Lipinski definition) is 2. The van der Waals surface area contributed by atoms with Gasteiger partial charge in [0.15, 0.2) is 0 Å². The van der Waals surface area contributed by atoms with E-state index in [0.29, 0.717) is 5.69 Å². The van der Waals surface area contributed by atoms with Gasteiger partial charge in [0, 0.05) is 12.2 Å². The van der Waals surface area contributed by atoms with Gasteiger partial charge in [-0.25, -0.2) is 4.98 Å². The van der Waals surface area contributed by atoms with E-state index in [0.717, 1.165) is 25.1 Å². The lowest BCUT2D eigenvalue weighted by atomic mass is 10.1. The number of carboxylic acids is 1. The third kappa shape index (κ3) is 2.42. The number of rotatable bonds is 2. The van der Waals surface area contributed by atoms with Crippen LogP contribution in [0.2, 0.25) is 0 Å². The monoisotopic (exact) mass is 253 g/mol. The number of aryl methyl sites for hydroxylation is 1. The van der Waals surface area contributed by atoms with E-state index in [1.165, 1.54) is 0 Å². The molecule has 0 fully saturated rings. The Morgan fingerprint density at radius 2 is 2.27 bits per heavy atom. The molecule has 2 heterocycles. The van der Waals surface area contributed by atoms with E-state index in [-0.39, 0.29) is 24.8 Å². The predicted octanol–water partition coefficient (Wildman–Crippen LogP) is 0.757. The zero-order chi connectivity index (χ0) is 9.42. The highest BCUT2D eigenvalue weighted by Crippen LogP contribution is 2.21. The molecule has 3 N–H and O–H groups in total. The maximum absolute atomic E-state index is 10.6. The Morgan fingerprint density at radius 1 is 1.60 bits per heavy atom. The summed E-state index contributed by atoms with van der Waals surface area (Å²) in [6.45, 7) is 0.925. The third-order valence-corrected chi connectivity index (χ3v) is 2.35. The van der Waals surface area contributed by atoms with Crippen LogP contribution in [-0.2, 0) is 17.8 Å². The second-order valence-electron chi connectivity index (χ2n) is 3.19. The van der Waals surface area contributed by atoms with Crippen molar-refractivity contribution in [1.29, 1.82) is 0 Å². The van der Waals surface area contributed by atoms with Crippen LogP contribution in [0.1, 0.15) is 23.9 Å². The predicted molar refractivity (Wildman–Crippen MR) is 59.6 cm³/mol. The first-order valence-electron chi connectivity index (χ1n) is 4.22. The van der Waals surface area contributed by atoms with Crippen molar-refractivity contribution in [3.63, 3.8) is 0 Å². The molecule has 1 atom stereocenters. The fourth-order valence-corrected chi connectivity index (χ4v) is 1.68. The van der Waals surface area contributed by atoms with Crippen molar-refractivity contribution in [2.75, 3.05) is 0 Å². The molecule has 0 saturated carbocycles. The first-order valence-corrected chi connectivity index (χ1v) is 4.22. The fraction of sp³-hybridized carbons (Fsp3) is 0.500. The summed E-state index contributed by atoms with van der Waals surface area (Å²) in [7, 11) is 0. The molecule has 0 amide bonds. The van der Waals surface area contributed by atoms with E-state index in [1.54, 1.807) is 6.33 Å². The highest BCUT2D eigenvalue weighted by molar-refractivity contribution is 5.85. The second kappa shape index (κ2) is 5.34. The van der Waals surface area contributed by atoms with E-state index >= 15 is 0 Å². The van der Waals surface area contributed by atoms with Gasteiger partial charge >= 0.3 is 5.97 Å². The van der Waals surface area contributed by atoms with Crippen LogP contribution < -0.4 is 5.73 Å². The highest BCUT2D eigenvalue weighted by Gasteiger charge is 2.24. The molecule has 0 aromatic carbocycles. The Balaban J connectivity index is 0.000000980. The first kappa shape index (κ1) is 14.2. The number of nitrogens with zero attached hydrogens (tertiary/aromatic N) is 2. The molecule has 0 bridgehead atoms. The number of nitrogens with two attached hydrogens (primary N) is 1. The standard InChI is InChI=1S/C8H11N3O2.2ClH/c9-6(8(12)13)7-5-2-1-3-11(5)4-10-7;;/h4,6H,1-3,9H2,(H,12,13);2*1H. The van der Waals surface area contributed by atoms with E-state index in [2.05, 4.69) is 4.98 Å². The molecule has 1 unspecified atom stereocenters. The van der Waals surface area contributed by atoms with Crippen molar-refractivity contribution in [1.82, 2.24) is 9.55 Å². The molecule has 1 aromatic heterocycles. The number of hydrogen-bond acceptors (Lipinski definition) is 3. The van der Waals surface area contributed by atoms with Crippen molar-refractivity contribution >= 4 is 30.8 Å². The maximum atomic E-state index is 10.6. The van der Waals surface area contributed by atoms with Crippen LogP contribution in [0.3, 0.4) is 0 Å². The molecule has 1 aliphatic rings. The van der Waals surface area contributed by atoms with Crippen LogP contribution in [0.4, 0.5) is 0 Å². The number of aromatic nitrogens is 2. The molecule has 1 aliphatic heterocycles. The molecular weight excluding hydrogens is 241 g/mol. The number of carboxylic acid groups (broad SMARTS) is 1. The molecule has 0 saturated heterocycles. The molecule has 0 radical (unpaired) electrons. The van der Waals surface area contributed by atoms with E-state index in [1.807, 2.05) is 4.57 Å². The van der Waals surface area contributed by atoms with Crippen LogP contribution in [0.5, 0.6) is 0 Å². The minimum absolute atomic E-state index is 0. The summed E-state index contributed by atoms with van der Waals surface area (Å²) in [5.74, 6) is -1.02. The summed E-state index contributed by atoms with van der Waals surface area (Å²) in [5.41, 5.74) is 6.98. The largest absolute Gasteiger partial charge is 0.480 e. The van der Waals surface area contributed by atoms with Gasteiger partial charge in [0.05, 0.1) is 12.0 Å². The van der Waals surface area contributed by atoms with Crippen molar-refractivity contribution in [3.8, 4) is 0 Å². The van der Waals surface area contributed by atoms with Gasteiger partial charge in [0.1, 0.15) is 6.04 Å². The normalized spacial score (nSPS) is 14.7. The minimum atomic E-state index is -1.02. The van der Waals surface area contributed by atoms with Crippen molar-refractivity contribution in [2.24, 2.45) is 5.73 Å². The van der Waals surface area contributed by atoms with Gasteiger partial charge in [-0.1, -0.05) is 0 Å². The number of imidazole rings is 1. The third-order valence-electron chi connectivity index (χ3n) is 2.35. The number of carbonyl (C=O) groups is 1. The minimum Gasteiger partial charge on any atom is -0.480 e. The van der Waals surface area contributed by atoms with E-state index < -0.39 is 12.0 Å². The molecule has 7 heteroatoms. The van der Waals surface area contributed by atoms with E-state index in [9.17, 15) is 4.79 Å². The summed E-state index contributed by atoms with van der Waals surface area (Å²) >= 11 is 0. The van der Waals surface area contributed by atoms with Gasteiger partial charge in [-0.05, 0) is 12.8 Å². The fourth-order valence-electron chi connectivity index (χ4n) is 1.68. The summed E-state index contributed by atoms with van der Waals surface area (Å²) in [4.78, 5) is 14.6. The summed E-state index contributed by atoms with van der Waals surface area (Å²) in [6, 6.07) is -0.977. The van der Waals surface area contributed by atoms with Crippen LogP contribution in [0, 0.1) is 0 Å². The van der Waals surface area contributed by atoms with Gasteiger partial charge < -0.3 is 15.4 Å². The van der Waals surface area contributed by atoms with Gasteiger partial charge in [-0.15, -0.1) is 24.8 Å². The average molecular weight is 254 g/mol. The highest BCUT2D eigenvalue weighted by atomic mass is 35.5. The lowest BCUT2D eigenvalue weighted by Crippen LogP contribution is -2.22. The Labute approximate surface area is 99.5 Å². The summed E-state index contributed by atoms with van der Waals surface area (Å²) in [5, 5.41) is 8.71. The number of fused-ring (bicyclic) bond motifs is 1. The topological polar surface area (TPSA) is 81.1 Å². The van der Waals surface area contributed by atoms with Crippen LogP contribution >= 0.6 is 24.8 Å². The van der Waals surface area contributed by atoms with Gasteiger partial charge in [0.25, 0.3) is 0 Å². The zero-order valence-corrected chi connectivity index (χ0v) is 9.55. The van der Waals surface area contributed by atoms with Gasteiger partial charge in [0.2, 0.25) is 0 Å². The molecule has 15 heavy (non-hydrogen) atoms. The Kier molecular flexibility index (Phi) is 5.07.